The van der Waals surface area contributed by atoms with Gasteiger partial charge in [0.2, 0.25) is 5.91 Å². The van der Waals surface area contributed by atoms with Gasteiger partial charge in [0.25, 0.3) is 0 Å². The fraction of sp³-hybridized carbons (Fsp3) is 0.750. The highest BCUT2D eigenvalue weighted by atomic mass is 16.5. The van der Waals surface area contributed by atoms with Crippen molar-refractivity contribution in [1.29, 1.82) is 0 Å². The summed E-state index contributed by atoms with van der Waals surface area (Å²) in [5.41, 5.74) is 2.13. The first-order valence-corrected chi connectivity index (χ1v) is 8.15. The first-order chi connectivity index (χ1) is 11.0. The van der Waals surface area contributed by atoms with Crippen molar-refractivity contribution >= 4 is 5.91 Å². The van der Waals surface area contributed by atoms with Crippen LogP contribution < -0.4 is 5.32 Å². The number of fused-ring (bicyclic) bond motifs is 1. The van der Waals surface area contributed by atoms with Crippen molar-refractivity contribution < 1.29 is 14.3 Å². The lowest BCUT2D eigenvalue weighted by atomic mass is 10.1. The SMILES string of the molecule is COCCn1cc2c(n1)C(CNC(=O)CN(C)C(C)C)OCC2. The van der Waals surface area contributed by atoms with Crippen LogP contribution in [0.2, 0.25) is 0 Å². The number of aromatic nitrogens is 2. The zero-order chi connectivity index (χ0) is 16.8. The van der Waals surface area contributed by atoms with Gasteiger partial charge >= 0.3 is 0 Å². The molecule has 0 saturated carbocycles. The lowest BCUT2D eigenvalue weighted by Crippen LogP contribution is -2.40. The molecule has 130 valence electrons. The van der Waals surface area contributed by atoms with E-state index in [4.69, 9.17) is 9.47 Å². The maximum atomic E-state index is 12.0. The summed E-state index contributed by atoms with van der Waals surface area (Å²) in [5, 5.41) is 7.54. The minimum Gasteiger partial charge on any atom is -0.383 e. The van der Waals surface area contributed by atoms with Crippen LogP contribution in [0.5, 0.6) is 0 Å². The Balaban J connectivity index is 1.90. The highest BCUT2D eigenvalue weighted by Gasteiger charge is 2.25. The average molecular weight is 324 g/mol. The van der Waals surface area contributed by atoms with E-state index in [9.17, 15) is 4.79 Å². The Bertz CT molecular complexity index is 515. The lowest BCUT2D eigenvalue weighted by molar-refractivity contribution is -0.123. The molecule has 0 aromatic carbocycles. The van der Waals surface area contributed by atoms with E-state index in [1.54, 1.807) is 7.11 Å². The maximum absolute atomic E-state index is 12.0. The van der Waals surface area contributed by atoms with Gasteiger partial charge < -0.3 is 14.8 Å². The van der Waals surface area contributed by atoms with Crippen LogP contribution in [-0.2, 0) is 27.2 Å². The summed E-state index contributed by atoms with van der Waals surface area (Å²) >= 11 is 0. The molecule has 1 aliphatic rings. The van der Waals surface area contributed by atoms with E-state index in [1.165, 1.54) is 5.56 Å². The van der Waals surface area contributed by atoms with Crippen LogP contribution in [-0.4, -0.2) is 67.1 Å². The van der Waals surface area contributed by atoms with Crippen LogP contribution in [0.4, 0.5) is 0 Å². The van der Waals surface area contributed by atoms with E-state index >= 15 is 0 Å². The smallest absolute Gasteiger partial charge is 0.234 e. The number of nitrogens with zero attached hydrogens (tertiary/aromatic N) is 3. The standard InChI is InChI=1S/C16H28N4O3/c1-12(2)19(3)11-15(21)17-9-14-16-13(5-7-23-14)10-20(18-16)6-8-22-4/h10,12,14H,5-9,11H2,1-4H3,(H,17,21). The normalized spacial score (nSPS) is 17.6. The molecule has 7 heteroatoms. The molecule has 1 aromatic rings. The van der Waals surface area contributed by atoms with Crippen molar-refractivity contribution in [2.24, 2.45) is 0 Å². The van der Waals surface area contributed by atoms with E-state index in [0.29, 0.717) is 32.3 Å². The summed E-state index contributed by atoms with van der Waals surface area (Å²) in [6, 6.07) is 0.342. The monoisotopic (exact) mass is 324 g/mol. The first kappa shape index (κ1) is 17.9. The van der Waals surface area contributed by atoms with Crippen molar-refractivity contribution in [1.82, 2.24) is 20.0 Å². The third kappa shape index (κ3) is 5.02. The van der Waals surface area contributed by atoms with Crippen LogP contribution >= 0.6 is 0 Å². The molecule has 1 amide bonds. The summed E-state index contributed by atoms with van der Waals surface area (Å²) in [5.74, 6) is 0.00994. The molecule has 0 spiro atoms. The van der Waals surface area contributed by atoms with Crippen LogP contribution in [0.1, 0.15) is 31.2 Å². The van der Waals surface area contributed by atoms with Gasteiger partial charge in [0.15, 0.2) is 0 Å². The first-order valence-electron chi connectivity index (χ1n) is 8.15. The number of nitrogens with one attached hydrogen (secondary N) is 1. The predicted molar refractivity (Wildman–Crippen MR) is 87.3 cm³/mol. The van der Waals surface area contributed by atoms with Crippen molar-refractivity contribution in [3.63, 3.8) is 0 Å². The Morgan fingerprint density at radius 3 is 3.09 bits per heavy atom. The number of rotatable bonds is 8. The zero-order valence-electron chi connectivity index (χ0n) is 14.5. The molecule has 23 heavy (non-hydrogen) atoms. The molecule has 1 atom stereocenters. The summed E-state index contributed by atoms with van der Waals surface area (Å²) in [6.45, 7) is 6.99. The van der Waals surface area contributed by atoms with Crippen LogP contribution in [0, 0.1) is 0 Å². The topological polar surface area (TPSA) is 68.6 Å². The Morgan fingerprint density at radius 2 is 2.39 bits per heavy atom. The minimum absolute atomic E-state index is 0.00994. The van der Waals surface area contributed by atoms with Gasteiger partial charge in [0, 0.05) is 25.9 Å². The molecule has 2 heterocycles. The quantitative estimate of drug-likeness (QED) is 0.758. The van der Waals surface area contributed by atoms with Gasteiger partial charge in [-0.25, -0.2) is 0 Å². The summed E-state index contributed by atoms with van der Waals surface area (Å²) < 4.78 is 12.8. The number of hydrogen-bond donors (Lipinski definition) is 1. The number of ether oxygens (including phenoxy) is 2. The number of methoxy groups -OCH3 is 1. The second-order valence-corrected chi connectivity index (χ2v) is 6.22. The van der Waals surface area contributed by atoms with Gasteiger partial charge in [-0.3, -0.25) is 14.4 Å². The molecule has 0 bridgehead atoms. The molecule has 1 N–H and O–H groups in total. The highest BCUT2D eigenvalue weighted by Crippen LogP contribution is 2.25. The van der Waals surface area contributed by atoms with Gasteiger partial charge in [-0.2, -0.15) is 5.10 Å². The summed E-state index contributed by atoms with van der Waals surface area (Å²) in [6.07, 6.45) is 2.75. The number of amides is 1. The molecule has 1 unspecified atom stereocenters. The molecule has 0 fully saturated rings. The Hall–Kier alpha value is -1.44. The molecule has 1 aliphatic heterocycles. The second-order valence-electron chi connectivity index (χ2n) is 6.22. The van der Waals surface area contributed by atoms with E-state index in [1.807, 2.05) is 16.6 Å². The van der Waals surface area contributed by atoms with E-state index in [2.05, 4.69) is 30.5 Å². The van der Waals surface area contributed by atoms with Gasteiger partial charge in [-0.05, 0) is 32.9 Å². The summed E-state index contributed by atoms with van der Waals surface area (Å²) in [7, 11) is 3.62. The van der Waals surface area contributed by atoms with Gasteiger partial charge in [-0.15, -0.1) is 0 Å². The lowest BCUT2D eigenvalue weighted by Gasteiger charge is -2.24. The fourth-order valence-electron chi connectivity index (χ4n) is 2.46. The van der Waals surface area contributed by atoms with Crippen molar-refractivity contribution in [2.75, 3.05) is 40.5 Å². The number of likely N-dealkylation sites (N-methyl/N-ethyl adjacent to an activating group) is 1. The number of carbonyl (C=O) groups excluding carboxylic acids is 1. The molecule has 0 radical (unpaired) electrons. The molecule has 7 nitrogen and oxygen atoms in total. The fourth-order valence-corrected chi connectivity index (χ4v) is 2.46. The van der Waals surface area contributed by atoms with Gasteiger partial charge in [-0.1, -0.05) is 0 Å². The molecule has 0 aliphatic carbocycles. The molecular formula is C16H28N4O3. The molecule has 0 saturated heterocycles. The van der Waals surface area contributed by atoms with E-state index < -0.39 is 0 Å². The Labute approximate surface area is 137 Å². The zero-order valence-corrected chi connectivity index (χ0v) is 14.5. The largest absolute Gasteiger partial charge is 0.383 e. The summed E-state index contributed by atoms with van der Waals surface area (Å²) in [4.78, 5) is 14.0. The van der Waals surface area contributed by atoms with Gasteiger partial charge in [0.05, 0.1) is 32.0 Å². The van der Waals surface area contributed by atoms with E-state index in [-0.39, 0.29) is 12.0 Å². The van der Waals surface area contributed by atoms with Crippen molar-refractivity contribution in [3.05, 3.63) is 17.5 Å². The van der Waals surface area contributed by atoms with Crippen LogP contribution in [0.3, 0.4) is 0 Å². The predicted octanol–water partition coefficient (Wildman–Crippen LogP) is 0.600. The molecular weight excluding hydrogens is 296 g/mol. The third-order valence-corrected chi connectivity index (χ3v) is 4.15. The Morgan fingerprint density at radius 1 is 1.61 bits per heavy atom. The number of carbonyl (C=O) groups is 1. The second kappa shape index (κ2) is 8.42. The molecule has 2 rings (SSSR count). The van der Waals surface area contributed by atoms with Crippen molar-refractivity contribution in [2.45, 2.75) is 39.0 Å². The highest BCUT2D eigenvalue weighted by molar-refractivity contribution is 5.78. The maximum Gasteiger partial charge on any atom is 0.234 e. The van der Waals surface area contributed by atoms with Gasteiger partial charge in [0.1, 0.15) is 6.10 Å². The number of hydrogen-bond acceptors (Lipinski definition) is 5. The van der Waals surface area contributed by atoms with Crippen molar-refractivity contribution in [3.8, 4) is 0 Å². The van der Waals surface area contributed by atoms with Crippen LogP contribution in [0.25, 0.3) is 0 Å². The third-order valence-electron chi connectivity index (χ3n) is 4.15. The average Bonchev–Trinajstić information content (AvgIpc) is 2.94. The molecule has 1 aromatic heterocycles. The minimum atomic E-state index is -0.171. The Kier molecular flexibility index (Phi) is 6.56. The van der Waals surface area contributed by atoms with Crippen LogP contribution in [0.15, 0.2) is 6.20 Å². The van der Waals surface area contributed by atoms with E-state index in [0.717, 1.165) is 18.7 Å².